The molecule has 0 aliphatic heterocycles. The Morgan fingerprint density at radius 1 is 1.50 bits per heavy atom. The van der Waals surface area contributed by atoms with Crippen molar-refractivity contribution in [2.75, 3.05) is 11.5 Å². The van der Waals surface area contributed by atoms with Crippen molar-refractivity contribution in [1.82, 2.24) is 10.1 Å². The third kappa shape index (κ3) is 3.31. The fourth-order valence-electron chi connectivity index (χ4n) is 1.05. The Hall–Kier alpha value is -0.550. The molecule has 1 atom stereocenters. The van der Waals surface area contributed by atoms with Crippen LogP contribution in [0.1, 0.15) is 38.0 Å². The lowest BCUT2D eigenvalue weighted by Gasteiger charge is -2.04. The van der Waals surface area contributed by atoms with Gasteiger partial charge in [-0.05, 0) is 17.9 Å². The summed E-state index contributed by atoms with van der Waals surface area (Å²) in [5.41, 5.74) is 5.91. The minimum absolute atomic E-state index is 0.0851. The molecule has 0 radical (unpaired) electrons. The molecule has 4 nitrogen and oxygen atoms in total. The maximum Gasteiger partial charge on any atom is 0.226 e. The largest absolute Gasteiger partial charge is 0.339 e. The smallest absolute Gasteiger partial charge is 0.226 e. The molecule has 5 heteroatoms. The van der Waals surface area contributed by atoms with Gasteiger partial charge in [0, 0.05) is 6.42 Å². The third-order valence-electron chi connectivity index (χ3n) is 1.90. The summed E-state index contributed by atoms with van der Waals surface area (Å²) >= 11 is 1.88. The average molecular weight is 215 g/mol. The molecule has 0 saturated carbocycles. The first-order valence-corrected chi connectivity index (χ1v) is 6.09. The lowest BCUT2D eigenvalue weighted by atomic mass is 10.2. The predicted molar refractivity (Wildman–Crippen MR) is 58.2 cm³/mol. The molecule has 1 aromatic rings. The van der Waals surface area contributed by atoms with Crippen molar-refractivity contribution in [3.63, 3.8) is 0 Å². The van der Waals surface area contributed by atoms with E-state index in [0.29, 0.717) is 11.7 Å². The van der Waals surface area contributed by atoms with E-state index in [-0.39, 0.29) is 6.04 Å². The number of thioether (sulfide) groups is 1. The monoisotopic (exact) mass is 215 g/mol. The second kappa shape index (κ2) is 6.03. The van der Waals surface area contributed by atoms with Crippen molar-refractivity contribution in [3.05, 3.63) is 11.7 Å². The van der Waals surface area contributed by atoms with E-state index in [1.54, 1.807) is 0 Å². The summed E-state index contributed by atoms with van der Waals surface area (Å²) in [6.07, 6.45) is 1.67. The van der Waals surface area contributed by atoms with Gasteiger partial charge in [0.25, 0.3) is 0 Å². The summed E-state index contributed by atoms with van der Waals surface area (Å²) in [6.45, 7) is 4.12. The van der Waals surface area contributed by atoms with Crippen molar-refractivity contribution < 1.29 is 4.52 Å². The number of nitrogens with zero attached hydrogens (tertiary/aromatic N) is 2. The van der Waals surface area contributed by atoms with Crippen molar-refractivity contribution in [2.45, 2.75) is 32.7 Å². The maximum absolute atomic E-state index is 5.91. The topological polar surface area (TPSA) is 64.9 Å². The van der Waals surface area contributed by atoms with Gasteiger partial charge in [-0.1, -0.05) is 19.0 Å². The van der Waals surface area contributed by atoms with Gasteiger partial charge in [0.05, 0.1) is 6.04 Å². The van der Waals surface area contributed by atoms with Crippen LogP contribution in [0, 0.1) is 0 Å². The van der Waals surface area contributed by atoms with Crippen LogP contribution in [0.4, 0.5) is 0 Å². The second-order valence-corrected chi connectivity index (χ2v) is 4.39. The SMILES string of the molecule is CCSCCC(N)c1noc(CC)n1. The fourth-order valence-corrected chi connectivity index (χ4v) is 1.76. The van der Waals surface area contributed by atoms with E-state index in [1.807, 2.05) is 18.7 Å². The minimum atomic E-state index is -0.0851. The van der Waals surface area contributed by atoms with Gasteiger partial charge in [0.15, 0.2) is 5.82 Å². The molecule has 0 saturated heterocycles. The van der Waals surface area contributed by atoms with Crippen LogP contribution in [0.5, 0.6) is 0 Å². The first kappa shape index (κ1) is 11.5. The quantitative estimate of drug-likeness (QED) is 0.733. The number of hydrogen-bond acceptors (Lipinski definition) is 5. The highest BCUT2D eigenvalue weighted by Crippen LogP contribution is 2.13. The van der Waals surface area contributed by atoms with Crippen LogP contribution in [0.2, 0.25) is 0 Å². The zero-order valence-electron chi connectivity index (χ0n) is 8.69. The first-order chi connectivity index (χ1) is 6.77. The third-order valence-corrected chi connectivity index (χ3v) is 2.83. The van der Waals surface area contributed by atoms with Gasteiger partial charge < -0.3 is 10.3 Å². The van der Waals surface area contributed by atoms with Gasteiger partial charge >= 0.3 is 0 Å². The summed E-state index contributed by atoms with van der Waals surface area (Å²) in [7, 11) is 0. The standard InChI is InChI=1S/C9H17N3OS/c1-3-8-11-9(12-13-8)7(10)5-6-14-4-2/h7H,3-6,10H2,1-2H3. The van der Waals surface area contributed by atoms with Gasteiger partial charge in [-0.2, -0.15) is 16.7 Å². The number of aryl methyl sites for hydroxylation is 1. The Bertz CT molecular complexity index is 264. The van der Waals surface area contributed by atoms with Crippen molar-refractivity contribution in [3.8, 4) is 0 Å². The highest BCUT2D eigenvalue weighted by molar-refractivity contribution is 7.99. The first-order valence-electron chi connectivity index (χ1n) is 4.93. The molecule has 1 rings (SSSR count). The Morgan fingerprint density at radius 3 is 2.86 bits per heavy atom. The molecule has 0 aliphatic rings. The van der Waals surface area contributed by atoms with Gasteiger partial charge in [-0.3, -0.25) is 0 Å². The molecule has 14 heavy (non-hydrogen) atoms. The van der Waals surface area contributed by atoms with Crippen LogP contribution < -0.4 is 5.73 Å². The lowest BCUT2D eigenvalue weighted by Crippen LogP contribution is -2.13. The van der Waals surface area contributed by atoms with Gasteiger partial charge in [0.2, 0.25) is 5.89 Å². The molecule has 1 unspecified atom stereocenters. The molecule has 0 amide bonds. The van der Waals surface area contributed by atoms with Crippen LogP contribution in [-0.2, 0) is 6.42 Å². The highest BCUT2D eigenvalue weighted by Gasteiger charge is 2.12. The highest BCUT2D eigenvalue weighted by atomic mass is 32.2. The number of rotatable bonds is 6. The molecule has 0 spiro atoms. The summed E-state index contributed by atoms with van der Waals surface area (Å²) in [4.78, 5) is 4.20. The van der Waals surface area contributed by atoms with Crippen LogP contribution in [-0.4, -0.2) is 21.6 Å². The van der Waals surface area contributed by atoms with Crippen LogP contribution in [0.3, 0.4) is 0 Å². The molecule has 0 fully saturated rings. The molecule has 0 aliphatic carbocycles. The lowest BCUT2D eigenvalue weighted by molar-refractivity contribution is 0.372. The summed E-state index contributed by atoms with van der Waals surface area (Å²) in [6, 6.07) is -0.0851. The van der Waals surface area contributed by atoms with Crippen molar-refractivity contribution in [2.24, 2.45) is 5.73 Å². The zero-order valence-corrected chi connectivity index (χ0v) is 9.51. The Labute approximate surface area is 88.6 Å². The van der Waals surface area contributed by atoms with Crippen molar-refractivity contribution >= 4 is 11.8 Å². The molecule has 80 valence electrons. The molecular formula is C9H17N3OS. The molecule has 1 heterocycles. The zero-order chi connectivity index (χ0) is 10.4. The number of hydrogen-bond donors (Lipinski definition) is 1. The Morgan fingerprint density at radius 2 is 2.29 bits per heavy atom. The molecule has 0 aromatic carbocycles. The average Bonchev–Trinajstić information content (AvgIpc) is 2.66. The van der Waals surface area contributed by atoms with E-state index in [0.717, 1.165) is 24.3 Å². The summed E-state index contributed by atoms with van der Waals surface area (Å²) in [5.74, 6) is 3.48. The van der Waals surface area contributed by atoms with Crippen LogP contribution in [0.25, 0.3) is 0 Å². The van der Waals surface area contributed by atoms with Gasteiger partial charge in [-0.15, -0.1) is 0 Å². The maximum atomic E-state index is 5.91. The van der Waals surface area contributed by atoms with E-state index in [2.05, 4.69) is 17.1 Å². The Kier molecular flexibility index (Phi) is 4.97. The molecule has 0 bridgehead atoms. The normalized spacial score (nSPS) is 13.1. The molecular weight excluding hydrogens is 198 g/mol. The molecule has 2 N–H and O–H groups in total. The van der Waals surface area contributed by atoms with Crippen LogP contribution in [0.15, 0.2) is 4.52 Å². The minimum Gasteiger partial charge on any atom is -0.339 e. The van der Waals surface area contributed by atoms with E-state index < -0.39 is 0 Å². The predicted octanol–water partition coefficient (Wildman–Crippen LogP) is 1.77. The fraction of sp³-hybridized carbons (Fsp3) is 0.778. The van der Waals surface area contributed by atoms with E-state index in [9.17, 15) is 0 Å². The summed E-state index contributed by atoms with van der Waals surface area (Å²) < 4.78 is 4.99. The molecule has 1 aromatic heterocycles. The van der Waals surface area contributed by atoms with E-state index >= 15 is 0 Å². The van der Waals surface area contributed by atoms with E-state index in [4.69, 9.17) is 10.3 Å². The van der Waals surface area contributed by atoms with Crippen molar-refractivity contribution in [1.29, 1.82) is 0 Å². The van der Waals surface area contributed by atoms with Gasteiger partial charge in [-0.25, -0.2) is 0 Å². The second-order valence-electron chi connectivity index (χ2n) is 2.99. The number of aromatic nitrogens is 2. The Balaban J connectivity index is 2.39. The summed E-state index contributed by atoms with van der Waals surface area (Å²) in [5, 5.41) is 3.85. The van der Waals surface area contributed by atoms with Crippen LogP contribution >= 0.6 is 11.8 Å². The number of nitrogens with two attached hydrogens (primary N) is 1. The van der Waals surface area contributed by atoms with Gasteiger partial charge in [0.1, 0.15) is 0 Å². The van der Waals surface area contributed by atoms with E-state index in [1.165, 1.54) is 0 Å².